The molecule has 26 heavy (non-hydrogen) atoms. The normalized spacial score (nSPS) is 20.0. The molecule has 1 heterocycles. The van der Waals surface area contributed by atoms with Crippen LogP contribution in [0.5, 0.6) is 17.2 Å². The smallest absolute Gasteiger partial charge is 0.191 e. The van der Waals surface area contributed by atoms with Crippen LogP contribution in [0, 0.1) is 0 Å². The number of nitrogens with zero attached hydrogens (tertiary/aromatic N) is 1. The van der Waals surface area contributed by atoms with E-state index in [2.05, 4.69) is 22.5 Å². The number of ether oxygens (including phenoxy) is 4. The average molecular weight is 365 g/mol. The van der Waals surface area contributed by atoms with Crippen molar-refractivity contribution in [3.8, 4) is 17.2 Å². The fraction of sp³-hybridized carbons (Fsp3) is 0.632. The molecule has 1 saturated heterocycles. The second-order valence-electron chi connectivity index (χ2n) is 6.51. The molecule has 0 saturated carbocycles. The van der Waals surface area contributed by atoms with Gasteiger partial charge in [0.25, 0.3) is 0 Å². The van der Waals surface area contributed by atoms with Crippen molar-refractivity contribution >= 4 is 5.96 Å². The molecule has 1 unspecified atom stereocenters. The first-order chi connectivity index (χ1) is 12.5. The summed E-state index contributed by atoms with van der Waals surface area (Å²) >= 11 is 0. The van der Waals surface area contributed by atoms with Crippen molar-refractivity contribution < 1.29 is 18.9 Å². The molecule has 2 rings (SSSR count). The van der Waals surface area contributed by atoms with Crippen molar-refractivity contribution in [3.63, 3.8) is 0 Å². The fourth-order valence-electron chi connectivity index (χ4n) is 3.10. The fourth-order valence-corrected chi connectivity index (χ4v) is 3.10. The van der Waals surface area contributed by atoms with Gasteiger partial charge in [0, 0.05) is 44.4 Å². The quantitative estimate of drug-likeness (QED) is 0.542. The predicted molar refractivity (Wildman–Crippen MR) is 103 cm³/mol. The maximum Gasteiger partial charge on any atom is 0.191 e. The highest BCUT2D eigenvalue weighted by molar-refractivity contribution is 5.79. The van der Waals surface area contributed by atoms with Crippen molar-refractivity contribution in [2.45, 2.75) is 31.8 Å². The molecule has 1 fully saturated rings. The summed E-state index contributed by atoms with van der Waals surface area (Å²) in [6.07, 6.45) is 2.91. The molecule has 0 spiro atoms. The van der Waals surface area contributed by atoms with Crippen LogP contribution in [0.1, 0.15) is 25.3 Å². The Kier molecular flexibility index (Phi) is 7.38. The molecular formula is C19H31N3O4. The highest BCUT2D eigenvalue weighted by Gasteiger charge is 2.29. The molecule has 0 aromatic heterocycles. The molecule has 1 aromatic carbocycles. The summed E-state index contributed by atoms with van der Waals surface area (Å²) < 4.78 is 22.1. The van der Waals surface area contributed by atoms with E-state index in [1.165, 1.54) is 0 Å². The monoisotopic (exact) mass is 365 g/mol. The molecule has 1 aliphatic heterocycles. The van der Waals surface area contributed by atoms with E-state index >= 15 is 0 Å². The summed E-state index contributed by atoms with van der Waals surface area (Å²) in [5.74, 6) is 2.96. The van der Waals surface area contributed by atoms with Gasteiger partial charge in [0.15, 0.2) is 5.96 Å². The average Bonchev–Trinajstić information content (AvgIpc) is 3.10. The molecule has 1 atom stereocenters. The summed E-state index contributed by atoms with van der Waals surface area (Å²) in [5.41, 5.74) is 0.880. The van der Waals surface area contributed by atoms with Crippen LogP contribution in [0.25, 0.3) is 0 Å². The lowest BCUT2D eigenvalue weighted by Gasteiger charge is -2.24. The Balaban J connectivity index is 1.93. The van der Waals surface area contributed by atoms with Gasteiger partial charge in [0.2, 0.25) is 0 Å². The topological polar surface area (TPSA) is 73.3 Å². The second-order valence-corrected chi connectivity index (χ2v) is 6.51. The Morgan fingerprint density at radius 2 is 1.85 bits per heavy atom. The van der Waals surface area contributed by atoms with Crippen LogP contribution in [0.4, 0.5) is 0 Å². The van der Waals surface area contributed by atoms with Crippen molar-refractivity contribution in [2.75, 3.05) is 48.1 Å². The molecule has 1 aromatic rings. The lowest BCUT2D eigenvalue weighted by Crippen LogP contribution is -2.45. The summed E-state index contributed by atoms with van der Waals surface area (Å²) in [6, 6.07) is 3.73. The zero-order valence-corrected chi connectivity index (χ0v) is 16.5. The maximum atomic E-state index is 5.80. The van der Waals surface area contributed by atoms with E-state index in [-0.39, 0.29) is 5.60 Å². The molecular weight excluding hydrogens is 334 g/mol. The SMILES string of the molecule is CN=C(NCCc1c(OC)cc(OC)cc1OC)NCC1(C)CCCO1. The molecule has 7 heteroatoms. The summed E-state index contributed by atoms with van der Waals surface area (Å²) in [7, 11) is 6.68. The van der Waals surface area contributed by atoms with Crippen molar-refractivity contribution in [1.29, 1.82) is 0 Å². The zero-order chi connectivity index (χ0) is 19.0. The first-order valence-electron chi connectivity index (χ1n) is 8.92. The largest absolute Gasteiger partial charge is 0.496 e. The molecule has 0 radical (unpaired) electrons. The molecule has 2 N–H and O–H groups in total. The van der Waals surface area contributed by atoms with Gasteiger partial charge >= 0.3 is 0 Å². The van der Waals surface area contributed by atoms with E-state index in [4.69, 9.17) is 18.9 Å². The number of benzene rings is 1. The van der Waals surface area contributed by atoms with Crippen LogP contribution in [0.3, 0.4) is 0 Å². The highest BCUT2D eigenvalue weighted by Crippen LogP contribution is 2.34. The standard InChI is InChI=1S/C19H31N3O4/c1-19(8-6-10-26-19)13-22-18(20-2)21-9-7-15-16(24-4)11-14(23-3)12-17(15)25-5/h11-12H,6-10,13H2,1-5H3,(H2,20,21,22). The van der Waals surface area contributed by atoms with Gasteiger partial charge in [-0.05, 0) is 26.2 Å². The second kappa shape index (κ2) is 9.52. The number of rotatable bonds is 8. The first kappa shape index (κ1) is 20.2. The first-order valence-corrected chi connectivity index (χ1v) is 8.92. The van der Waals surface area contributed by atoms with Crippen molar-refractivity contribution in [1.82, 2.24) is 10.6 Å². The van der Waals surface area contributed by atoms with Crippen LogP contribution < -0.4 is 24.8 Å². The van der Waals surface area contributed by atoms with Crippen LogP contribution >= 0.6 is 0 Å². The number of methoxy groups -OCH3 is 3. The number of nitrogens with one attached hydrogen (secondary N) is 2. The van der Waals surface area contributed by atoms with Crippen molar-refractivity contribution in [2.24, 2.45) is 4.99 Å². The lowest BCUT2D eigenvalue weighted by atomic mass is 10.0. The maximum absolute atomic E-state index is 5.80. The lowest BCUT2D eigenvalue weighted by molar-refractivity contribution is 0.0243. The number of hydrogen-bond acceptors (Lipinski definition) is 5. The Morgan fingerprint density at radius 1 is 1.15 bits per heavy atom. The van der Waals surface area contributed by atoms with Crippen LogP contribution in [-0.2, 0) is 11.2 Å². The molecule has 1 aliphatic rings. The summed E-state index contributed by atoms with van der Waals surface area (Å²) in [6.45, 7) is 4.40. The molecule has 0 amide bonds. The van der Waals surface area contributed by atoms with Gasteiger partial charge in [0.05, 0.1) is 26.9 Å². The van der Waals surface area contributed by atoms with Gasteiger partial charge in [0.1, 0.15) is 17.2 Å². The molecule has 0 bridgehead atoms. The van der Waals surface area contributed by atoms with E-state index < -0.39 is 0 Å². The van der Waals surface area contributed by atoms with Crippen LogP contribution in [0.15, 0.2) is 17.1 Å². The third-order valence-electron chi connectivity index (χ3n) is 4.64. The van der Waals surface area contributed by atoms with E-state index in [1.807, 2.05) is 12.1 Å². The minimum Gasteiger partial charge on any atom is -0.496 e. The minimum absolute atomic E-state index is 0.111. The minimum atomic E-state index is -0.111. The van der Waals surface area contributed by atoms with Gasteiger partial charge in [-0.2, -0.15) is 0 Å². The van der Waals surface area contributed by atoms with Gasteiger partial charge in [-0.1, -0.05) is 0 Å². The highest BCUT2D eigenvalue weighted by atomic mass is 16.5. The Hall–Kier alpha value is -2.15. The van der Waals surface area contributed by atoms with E-state index in [0.717, 1.165) is 55.4 Å². The zero-order valence-electron chi connectivity index (χ0n) is 16.5. The molecule has 7 nitrogen and oxygen atoms in total. The Morgan fingerprint density at radius 3 is 2.35 bits per heavy atom. The Bertz CT molecular complexity index is 588. The Labute approximate surface area is 156 Å². The van der Waals surface area contributed by atoms with Crippen LogP contribution in [0.2, 0.25) is 0 Å². The summed E-state index contributed by atoms with van der Waals surface area (Å²) in [5, 5.41) is 6.68. The summed E-state index contributed by atoms with van der Waals surface area (Å²) in [4.78, 5) is 4.28. The predicted octanol–water partition coefficient (Wildman–Crippen LogP) is 1.99. The van der Waals surface area contributed by atoms with Gasteiger partial charge in [-0.3, -0.25) is 4.99 Å². The van der Waals surface area contributed by atoms with Gasteiger partial charge < -0.3 is 29.6 Å². The van der Waals surface area contributed by atoms with Crippen molar-refractivity contribution in [3.05, 3.63) is 17.7 Å². The van der Waals surface area contributed by atoms with E-state index in [0.29, 0.717) is 12.3 Å². The molecule has 0 aliphatic carbocycles. The van der Waals surface area contributed by atoms with Gasteiger partial charge in [-0.15, -0.1) is 0 Å². The number of aliphatic imine (C=N–C) groups is 1. The van der Waals surface area contributed by atoms with E-state index in [9.17, 15) is 0 Å². The van der Waals surface area contributed by atoms with Gasteiger partial charge in [-0.25, -0.2) is 0 Å². The number of guanidine groups is 1. The van der Waals surface area contributed by atoms with E-state index in [1.54, 1.807) is 28.4 Å². The third kappa shape index (κ3) is 5.17. The third-order valence-corrected chi connectivity index (χ3v) is 4.64. The number of hydrogen-bond donors (Lipinski definition) is 2. The van der Waals surface area contributed by atoms with Crippen LogP contribution in [-0.4, -0.2) is 59.6 Å². The molecule has 146 valence electrons.